The van der Waals surface area contributed by atoms with Gasteiger partial charge in [-0.15, -0.1) is 0 Å². The first kappa shape index (κ1) is 18.0. The molecule has 150 valence electrons. The molecule has 1 aromatic carbocycles. The van der Waals surface area contributed by atoms with Crippen LogP contribution in [-0.4, -0.2) is 33.2 Å². The Labute approximate surface area is 169 Å². The normalized spacial score (nSPS) is 16.3. The van der Waals surface area contributed by atoms with Crippen LogP contribution < -0.4 is 16.0 Å². The van der Waals surface area contributed by atoms with Crippen molar-refractivity contribution in [3.8, 4) is 11.1 Å². The molecule has 29 heavy (non-hydrogen) atoms. The van der Waals surface area contributed by atoms with Crippen LogP contribution in [0.15, 0.2) is 30.7 Å². The third-order valence-electron chi connectivity index (χ3n) is 5.85. The maximum Gasteiger partial charge on any atom is 0.322 e. The summed E-state index contributed by atoms with van der Waals surface area (Å²) in [6.07, 6.45) is 7.74. The monoisotopic (exact) mass is 390 g/mol. The lowest BCUT2D eigenvalue weighted by Gasteiger charge is -2.30. The van der Waals surface area contributed by atoms with E-state index in [9.17, 15) is 4.79 Å². The molecule has 1 aliphatic heterocycles. The quantitative estimate of drug-likeness (QED) is 0.710. The number of amides is 2. The molecule has 0 unspecified atom stereocenters. The Bertz CT molecular complexity index is 1100. The minimum atomic E-state index is 0.0234. The van der Waals surface area contributed by atoms with Crippen molar-refractivity contribution in [2.45, 2.75) is 51.6 Å². The highest BCUT2D eigenvalue weighted by atomic mass is 16.2. The Hall–Kier alpha value is -3.09. The van der Waals surface area contributed by atoms with E-state index in [2.05, 4.69) is 58.1 Å². The number of nitrogens with zero attached hydrogens (tertiary/aromatic N) is 4. The number of nitrogen functional groups attached to an aromatic ring is 1. The maximum absolute atomic E-state index is 12.6. The van der Waals surface area contributed by atoms with Gasteiger partial charge in [-0.05, 0) is 62.8 Å². The van der Waals surface area contributed by atoms with Crippen molar-refractivity contribution in [2.24, 2.45) is 0 Å². The van der Waals surface area contributed by atoms with E-state index in [0.717, 1.165) is 60.1 Å². The number of carbonyl (C=O) groups is 1. The van der Waals surface area contributed by atoms with Crippen molar-refractivity contribution < 1.29 is 4.79 Å². The van der Waals surface area contributed by atoms with Crippen molar-refractivity contribution in [2.75, 3.05) is 17.2 Å². The Balaban J connectivity index is 1.57. The summed E-state index contributed by atoms with van der Waals surface area (Å²) in [6, 6.07) is 6.98. The van der Waals surface area contributed by atoms with Crippen molar-refractivity contribution in [3.05, 3.63) is 36.3 Å². The van der Waals surface area contributed by atoms with Crippen LogP contribution in [0.25, 0.3) is 22.2 Å². The summed E-state index contributed by atoms with van der Waals surface area (Å²) in [5.74, 6) is 0.493. The molecule has 7 heteroatoms. The van der Waals surface area contributed by atoms with Crippen LogP contribution in [0.2, 0.25) is 0 Å². The molecule has 7 nitrogen and oxygen atoms in total. The van der Waals surface area contributed by atoms with Crippen molar-refractivity contribution in [1.29, 1.82) is 0 Å². The molecule has 3 N–H and O–H groups in total. The zero-order chi connectivity index (χ0) is 20.1. The molecule has 5 rings (SSSR count). The largest absolute Gasteiger partial charge is 0.383 e. The molecular formula is C22H26N6O. The molecule has 0 bridgehead atoms. The molecule has 2 aliphatic rings. The van der Waals surface area contributed by atoms with Crippen LogP contribution in [0.5, 0.6) is 0 Å². The van der Waals surface area contributed by atoms with Crippen molar-refractivity contribution in [1.82, 2.24) is 19.9 Å². The number of nitrogens with two attached hydrogens (primary N) is 1. The average molecular weight is 390 g/mol. The number of benzene rings is 1. The molecule has 1 saturated carbocycles. The maximum atomic E-state index is 12.6. The first-order valence-electron chi connectivity index (χ1n) is 10.3. The van der Waals surface area contributed by atoms with Gasteiger partial charge in [-0.2, -0.15) is 0 Å². The van der Waals surface area contributed by atoms with Gasteiger partial charge in [-0.25, -0.2) is 14.8 Å². The summed E-state index contributed by atoms with van der Waals surface area (Å²) in [6.45, 7) is 5.02. The number of urea groups is 1. The predicted octanol–water partition coefficient (Wildman–Crippen LogP) is 3.89. The summed E-state index contributed by atoms with van der Waals surface area (Å²) in [5.41, 5.74) is 11.4. The number of hydrogen-bond acceptors (Lipinski definition) is 4. The lowest BCUT2D eigenvalue weighted by molar-refractivity contribution is 0.245. The second-order valence-electron chi connectivity index (χ2n) is 8.32. The van der Waals surface area contributed by atoms with Crippen LogP contribution in [0.3, 0.4) is 0 Å². The zero-order valence-electron chi connectivity index (χ0n) is 16.9. The topological polar surface area (TPSA) is 89.1 Å². The summed E-state index contributed by atoms with van der Waals surface area (Å²) < 4.78 is 2.14. The Morgan fingerprint density at radius 3 is 2.86 bits per heavy atom. The molecule has 2 aromatic heterocycles. The zero-order valence-corrected chi connectivity index (χ0v) is 16.9. The van der Waals surface area contributed by atoms with E-state index in [1.54, 1.807) is 0 Å². The molecule has 3 heterocycles. The minimum absolute atomic E-state index is 0.0234. The van der Waals surface area contributed by atoms with E-state index in [-0.39, 0.29) is 12.1 Å². The van der Waals surface area contributed by atoms with Gasteiger partial charge in [0, 0.05) is 36.1 Å². The lowest BCUT2D eigenvalue weighted by Crippen LogP contribution is -2.43. The van der Waals surface area contributed by atoms with E-state index in [4.69, 9.17) is 5.73 Å². The second kappa shape index (κ2) is 6.76. The van der Waals surface area contributed by atoms with E-state index < -0.39 is 0 Å². The van der Waals surface area contributed by atoms with Crippen LogP contribution >= 0.6 is 0 Å². The number of aryl methyl sites for hydroxylation is 1. The van der Waals surface area contributed by atoms with E-state index >= 15 is 0 Å². The number of aromatic nitrogens is 3. The SMILES string of the molecule is CC(C)n1cc(-c2ccc3c(c2)CCCN3C(=O)NC2CC2)c2c(N)ncnc21. The van der Waals surface area contributed by atoms with E-state index in [1.807, 2.05) is 4.90 Å². The Morgan fingerprint density at radius 2 is 2.10 bits per heavy atom. The fourth-order valence-corrected chi connectivity index (χ4v) is 4.18. The molecule has 0 saturated heterocycles. The molecular weight excluding hydrogens is 364 g/mol. The summed E-state index contributed by atoms with van der Waals surface area (Å²) in [7, 11) is 0. The first-order valence-corrected chi connectivity index (χ1v) is 10.3. The number of nitrogens with one attached hydrogen (secondary N) is 1. The Morgan fingerprint density at radius 1 is 1.28 bits per heavy atom. The summed E-state index contributed by atoms with van der Waals surface area (Å²) >= 11 is 0. The first-order chi connectivity index (χ1) is 14.0. The third-order valence-corrected chi connectivity index (χ3v) is 5.85. The van der Waals surface area contributed by atoms with Gasteiger partial charge >= 0.3 is 6.03 Å². The molecule has 0 atom stereocenters. The van der Waals surface area contributed by atoms with Crippen LogP contribution in [0, 0.1) is 0 Å². The van der Waals surface area contributed by atoms with Gasteiger partial charge in [0.1, 0.15) is 17.8 Å². The standard InChI is InChI=1S/C22H26N6O/c1-13(2)28-11-17(19-20(23)24-12-25-21(19)28)14-5-8-18-15(10-14)4-3-9-27(18)22(29)26-16-6-7-16/h5,8,10-13,16H,3-4,6-7,9H2,1-2H3,(H,26,29)(H2,23,24,25). The van der Waals surface area contributed by atoms with E-state index in [1.165, 1.54) is 11.9 Å². The van der Waals surface area contributed by atoms with E-state index in [0.29, 0.717) is 11.9 Å². The number of fused-ring (bicyclic) bond motifs is 2. The van der Waals surface area contributed by atoms with Gasteiger partial charge in [0.05, 0.1) is 5.39 Å². The molecule has 2 amide bonds. The fraction of sp³-hybridized carbons (Fsp3) is 0.409. The van der Waals surface area contributed by atoms with Gasteiger partial charge in [0.25, 0.3) is 0 Å². The smallest absolute Gasteiger partial charge is 0.322 e. The molecule has 0 spiro atoms. The van der Waals surface area contributed by atoms with Gasteiger partial charge in [-0.1, -0.05) is 6.07 Å². The van der Waals surface area contributed by atoms with Gasteiger partial charge in [-0.3, -0.25) is 4.90 Å². The van der Waals surface area contributed by atoms with Gasteiger partial charge in [0.15, 0.2) is 0 Å². The van der Waals surface area contributed by atoms with Crippen LogP contribution in [0.4, 0.5) is 16.3 Å². The van der Waals surface area contributed by atoms with Gasteiger partial charge < -0.3 is 15.6 Å². The number of hydrogen-bond donors (Lipinski definition) is 2. The highest BCUT2D eigenvalue weighted by Gasteiger charge is 2.29. The number of carbonyl (C=O) groups excluding carboxylic acids is 1. The lowest BCUT2D eigenvalue weighted by atomic mass is 9.96. The predicted molar refractivity (Wildman–Crippen MR) is 115 cm³/mol. The highest BCUT2D eigenvalue weighted by molar-refractivity contribution is 6.01. The number of anilines is 2. The molecule has 0 radical (unpaired) electrons. The van der Waals surface area contributed by atoms with Crippen molar-refractivity contribution in [3.63, 3.8) is 0 Å². The summed E-state index contributed by atoms with van der Waals surface area (Å²) in [4.78, 5) is 23.2. The molecule has 1 aliphatic carbocycles. The highest BCUT2D eigenvalue weighted by Crippen LogP contribution is 2.37. The average Bonchev–Trinajstić information content (AvgIpc) is 3.43. The van der Waals surface area contributed by atoms with Crippen molar-refractivity contribution >= 4 is 28.6 Å². The molecule has 1 fully saturated rings. The van der Waals surface area contributed by atoms with Crippen LogP contribution in [-0.2, 0) is 6.42 Å². The second-order valence-corrected chi connectivity index (χ2v) is 8.32. The summed E-state index contributed by atoms with van der Waals surface area (Å²) in [5, 5.41) is 4.00. The van der Waals surface area contributed by atoms with Crippen LogP contribution in [0.1, 0.15) is 44.7 Å². The fourth-order valence-electron chi connectivity index (χ4n) is 4.18. The third kappa shape index (κ3) is 3.10. The number of rotatable bonds is 3. The minimum Gasteiger partial charge on any atom is -0.383 e. The molecule has 3 aromatic rings. The van der Waals surface area contributed by atoms with Gasteiger partial charge in [0.2, 0.25) is 0 Å². The Kier molecular flexibility index (Phi) is 4.19.